The van der Waals surface area contributed by atoms with Gasteiger partial charge in [-0.1, -0.05) is 0 Å². The monoisotopic (exact) mass is 212 g/mol. The molecule has 2 nitrogen and oxygen atoms in total. The van der Waals surface area contributed by atoms with Crippen molar-refractivity contribution < 1.29 is 4.39 Å². The highest BCUT2D eigenvalue weighted by Crippen LogP contribution is 2.20. The first-order chi connectivity index (χ1) is 7.03. The topological polar surface area (TPSA) is 3.24 Å². The number of hydrogen-bond acceptors (Lipinski definition) is 1. The van der Waals surface area contributed by atoms with Gasteiger partial charge in [-0.3, -0.25) is 0 Å². The Morgan fingerprint density at radius 2 is 1.53 bits per heavy atom. The molecule has 0 amide bonds. The SMILES string of the molecule is CC[N+]([BH2-]N1CCCC1)(C(C)C)C(C)C. The highest BCUT2D eigenvalue weighted by atomic mass is 15.4. The Hall–Kier alpha value is -0.0151. The van der Waals surface area contributed by atoms with Gasteiger partial charge in [0.15, 0.2) is 0 Å². The zero-order valence-corrected chi connectivity index (χ0v) is 11.6. The fourth-order valence-corrected chi connectivity index (χ4v) is 3.53. The molecule has 0 bridgehead atoms. The molecule has 0 spiro atoms. The van der Waals surface area contributed by atoms with Crippen LogP contribution in [0.3, 0.4) is 0 Å². The van der Waals surface area contributed by atoms with Crippen molar-refractivity contribution in [2.75, 3.05) is 19.6 Å². The maximum atomic E-state index is 2.78. The minimum Gasteiger partial charge on any atom is -0.503 e. The van der Waals surface area contributed by atoms with Gasteiger partial charge in [-0.15, -0.1) is 0 Å². The molecule has 1 saturated heterocycles. The molecule has 0 aromatic carbocycles. The third-order valence-electron chi connectivity index (χ3n) is 5.03. The van der Waals surface area contributed by atoms with Crippen molar-refractivity contribution in [2.24, 2.45) is 0 Å². The summed E-state index contributed by atoms with van der Waals surface area (Å²) in [5, 5.41) is 0. The molecule has 1 aliphatic heterocycles. The minimum absolute atomic E-state index is 0.00926. The standard InChI is InChI=1S/C12H29BN2/c1-6-15(11(2)3,12(4)5)13-14-9-7-8-10-14/h11-12H,6-10,13H2,1-5H3. The van der Waals surface area contributed by atoms with E-state index in [-0.39, 0.29) is 7.55 Å². The van der Waals surface area contributed by atoms with Gasteiger partial charge in [-0.2, -0.15) is 0 Å². The number of rotatable bonds is 5. The van der Waals surface area contributed by atoms with E-state index in [0.717, 1.165) is 12.1 Å². The third-order valence-corrected chi connectivity index (χ3v) is 5.03. The summed E-state index contributed by atoms with van der Waals surface area (Å²) in [5.74, 6) is 0. The summed E-state index contributed by atoms with van der Waals surface area (Å²) in [5.41, 5.74) is 0. The molecule has 0 atom stereocenters. The first-order valence-corrected chi connectivity index (χ1v) is 6.88. The second-order valence-corrected chi connectivity index (χ2v) is 6.06. The first kappa shape index (κ1) is 13.1. The van der Waals surface area contributed by atoms with Gasteiger partial charge in [0.1, 0.15) is 0 Å². The lowest BCUT2D eigenvalue weighted by Crippen LogP contribution is -2.64. The molecule has 0 radical (unpaired) electrons. The maximum absolute atomic E-state index is 2.78. The number of hydrogen-bond donors (Lipinski definition) is 0. The summed E-state index contributed by atoms with van der Waals surface area (Å²) in [6, 6.07) is 1.58. The van der Waals surface area contributed by atoms with Crippen LogP contribution in [0, 0.1) is 0 Å². The van der Waals surface area contributed by atoms with Crippen molar-refractivity contribution in [3.63, 3.8) is 0 Å². The Labute approximate surface area is 96.5 Å². The van der Waals surface area contributed by atoms with Crippen LogP contribution in [0.5, 0.6) is 0 Å². The first-order valence-electron chi connectivity index (χ1n) is 6.88. The molecular formula is C12H29BN2. The molecular weight excluding hydrogens is 183 g/mol. The largest absolute Gasteiger partial charge is 0.503 e. The smallest absolute Gasteiger partial charge is 0.253 e. The second-order valence-electron chi connectivity index (χ2n) is 6.06. The Bertz CT molecular complexity index is 178. The zero-order valence-electron chi connectivity index (χ0n) is 11.6. The van der Waals surface area contributed by atoms with E-state index in [1.807, 2.05) is 0 Å². The van der Waals surface area contributed by atoms with Gasteiger partial charge >= 0.3 is 0 Å². The van der Waals surface area contributed by atoms with Crippen molar-refractivity contribution in [3.05, 3.63) is 0 Å². The molecule has 1 rings (SSSR count). The van der Waals surface area contributed by atoms with Crippen LogP contribution >= 0.6 is 0 Å². The Morgan fingerprint density at radius 3 is 1.87 bits per heavy atom. The van der Waals surface area contributed by atoms with Crippen LogP contribution < -0.4 is 0 Å². The van der Waals surface area contributed by atoms with E-state index in [9.17, 15) is 0 Å². The van der Waals surface area contributed by atoms with Crippen LogP contribution in [0.4, 0.5) is 0 Å². The van der Waals surface area contributed by atoms with E-state index in [4.69, 9.17) is 0 Å². The fourth-order valence-electron chi connectivity index (χ4n) is 3.53. The highest BCUT2D eigenvalue weighted by Gasteiger charge is 2.29. The molecule has 0 aromatic heterocycles. The molecule has 1 aliphatic rings. The van der Waals surface area contributed by atoms with Crippen LogP contribution in [-0.2, 0) is 0 Å². The lowest BCUT2D eigenvalue weighted by Gasteiger charge is -2.56. The van der Waals surface area contributed by atoms with Crippen LogP contribution in [0.1, 0.15) is 47.5 Å². The lowest BCUT2D eigenvalue weighted by atomic mass is 9.91. The molecule has 15 heavy (non-hydrogen) atoms. The summed E-state index contributed by atoms with van der Waals surface area (Å²) in [6.07, 6.45) is 2.87. The van der Waals surface area contributed by atoms with E-state index < -0.39 is 0 Å². The molecule has 0 saturated carbocycles. The van der Waals surface area contributed by atoms with Crippen LogP contribution in [0.2, 0.25) is 0 Å². The van der Waals surface area contributed by atoms with Gasteiger partial charge in [0.25, 0.3) is 7.55 Å². The van der Waals surface area contributed by atoms with E-state index in [0.29, 0.717) is 0 Å². The van der Waals surface area contributed by atoms with Gasteiger partial charge in [-0.05, 0) is 60.5 Å². The quantitative estimate of drug-likeness (QED) is 0.627. The van der Waals surface area contributed by atoms with Crippen molar-refractivity contribution in [1.82, 2.24) is 4.81 Å². The molecule has 90 valence electrons. The maximum Gasteiger partial charge on any atom is 0.253 e. The molecule has 0 unspecified atom stereocenters. The van der Waals surface area contributed by atoms with Gasteiger partial charge in [0, 0.05) is 18.6 Å². The van der Waals surface area contributed by atoms with E-state index in [1.54, 1.807) is 0 Å². The zero-order chi connectivity index (χ0) is 11.5. The summed E-state index contributed by atoms with van der Waals surface area (Å²) in [7, 11) is 0.00926. The molecule has 0 aromatic rings. The van der Waals surface area contributed by atoms with E-state index in [2.05, 4.69) is 39.4 Å². The van der Waals surface area contributed by atoms with Crippen molar-refractivity contribution in [3.8, 4) is 0 Å². The third kappa shape index (κ3) is 2.76. The van der Waals surface area contributed by atoms with E-state index >= 15 is 0 Å². The molecule has 0 aliphatic carbocycles. The van der Waals surface area contributed by atoms with Gasteiger partial charge < -0.3 is 9.20 Å². The number of quaternary nitrogens is 1. The summed E-state index contributed by atoms with van der Waals surface area (Å²) < 4.78 is 1.38. The van der Waals surface area contributed by atoms with Gasteiger partial charge in [0.05, 0.1) is 0 Å². The number of nitrogens with zero attached hydrogens (tertiary/aromatic N) is 2. The Kier molecular flexibility index (Phi) is 4.66. The summed E-state index contributed by atoms with van der Waals surface area (Å²) in [6.45, 7) is 16.1. The van der Waals surface area contributed by atoms with Crippen LogP contribution in [-0.4, -0.2) is 48.5 Å². The van der Waals surface area contributed by atoms with Gasteiger partial charge in [0.2, 0.25) is 0 Å². The predicted molar refractivity (Wildman–Crippen MR) is 70.4 cm³/mol. The molecule has 1 fully saturated rings. The van der Waals surface area contributed by atoms with Crippen molar-refractivity contribution in [1.29, 1.82) is 0 Å². The van der Waals surface area contributed by atoms with Crippen LogP contribution in [0.25, 0.3) is 0 Å². The fraction of sp³-hybridized carbons (Fsp3) is 1.00. The van der Waals surface area contributed by atoms with E-state index in [1.165, 1.54) is 36.9 Å². The predicted octanol–water partition coefficient (Wildman–Crippen LogP) is 1.73. The van der Waals surface area contributed by atoms with Gasteiger partial charge in [-0.25, -0.2) is 0 Å². The second kappa shape index (κ2) is 5.35. The average molecular weight is 212 g/mol. The summed E-state index contributed by atoms with van der Waals surface area (Å²) in [4.78, 5) is 2.78. The van der Waals surface area contributed by atoms with Crippen LogP contribution in [0.15, 0.2) is 0 Å². The van der Waals surface area contributed by atoms with Crippen molar-refractivity contribution in [2.45, 2.75) is 59.5 Å². The highest BCUT2D eigenvalue weighted by molar-refractivity contribution is 6.22. The Balaban J connectivity index is 2.69. The Morgan fingerprint density at radius 1 is 1.07 bits per heavy atom. The molecule has 1 heterocycles. The van der Waals surface area contributed by atoms with Crippen molar-refractivity contribution >= 4 is 7.55 Å². The average Bonchev–Trinajstić information content (AvgIpc) is 2.65. The molecule has 3 heteroatoms. The lowest BCUT2D eigenvalue weighted by molar-refractivity contribution is -0.867. The normalized spacial score (nSPS) is 19.4. The minimum atomic E-state index is 0.00926. The molecule has 0 N–H and O–H groups in total. The summed E-state index contributed by atoms with van der Waals surface area (Å²) >= 11 is 0.